The minimum atomic E-state index is 0.215. The second-order valence-corrected chi connectivity index (χ2v) is 5.87. The lowest BCUT2D eigenvalue weighted by atomic mass is 10.2. The molecule has 1 aliphatic rings. The van der Waals surface area contributed by atoms with Crippen LogP contribution >= 0.6 is 0 Å². The van der Waals surface area contributed by atoms with E-state index in [1.54, 1.807) is 6.33 Å². The number of carbonyl (C=O) groups is 1. The first-order chi connectivity index (χ1) is 9.65. The van der Waals surface area contributed by atoms with Crippen LogP contribution in [-0.4, -0.2) is 39.5 Å². The number of likely N-dealkylation sites (tertiary alicyclic amines) is 1. The van der Waals surface area contributed by atoms with Crippen LogP contribution in [0, 0.1) is 0 Å². The largest absolute Gasteiger partial charge is 0.341 e. The minimum Gasteiger partial charge on any atom is -0.341 e. The molecule has 5 nitrogen and oxygen atoms in total. The van der Waals surface area contributed by atoms with Crippen molar-refractivity contribution in [3.05, 3.63) is 18.2 Å². The van der Waals surface area contributed by atoms with E-state index in [0.29, 0.717) is 12.6 Å². The van der Waals surface area contributed by atoms with Gasteiger partial charge in [0, 0.05) is 31.9 Å². The van der Waals surface area contributed by atoms with Gasteiger partial charge in [0.1, 0.15) is 6.54 Å². The fraction of sp³-hybridized carbons (Fsp3) is 0.733. The molecule has 1 aromatic heterocycles. The summed E-state index contributed by atoms with van der Waals surface area (Å²) in [6.45, 7) is 7.21. The van der Waals surface area contributed by atoms with Gasteiger partial charge in [-0.1, -0.05) is 26.7 Å². The number of nitrogens with zero attached hydrogens (tertiary/aromatic N) is 3. The second kappa shape index (κ2) is 7.43. The Morgan fingerprint density at radius 2 is 2.00 bits per heavy atom. The van der Waals surface area contributed by atoms with Crippen LogP contribution in [-0.2, 0) is 17.9 Å². The van der Waals surface area contributed by atoms with Gasteiger partial charge in [0.05, 0.1) is 12.0 Å². The van der Waals surface area contributed by atoms with Gasteiger partial charge in [-0.25, -0.2) is 4.98 Å². The van der Waals surface area contributed by atoms with Crippen molar-refractivity contribution in [3.63, 3.8) is 0 Å². The van der Waals surface area contributed by atoms with Crippen LogP contribution in [0.5, 0.6) is 0 Å². The molecular weight excluding hydrogens is 252 g/mol. The molecule has 5 heteroatoms. The molecule has 1 aliphatic heterocycles. The van der Waals surface area contributed by atoms with Crippen molar-refractivity contribution < 1.29 is 4.79 Å². The highest BCUT2D eigenvalue weighted by atomic mass is 16.2. The zero-order chi connectivity index (χ0) is 14.4. The van der Waals surface area contributed by atoms with Gasteiger partial charge in [0.15, 0.2) is 0 Å². The number of nitrogens with one attached hydrogen (secondary N) is 1. The zero-order valence-electron chi connectivity index (χ0n) is 12.6. The van der Waals surface area contributed by atoms with Gasteiger partial charge < -0.3 is 14.8 Å². The van der Waals surface area contributed by atoms with Crippen LogP contribution in [0.3, 0.4) is 0 Å². The van der Waals surface area contributed by atoms with Gasteiger partial charge in [-0.2, -0.15) is 0 Å². The molecule has 1 fully saturated rings. The van der Waals surface area contributed by atoms with Crippen LogP contribution in [0.2, 0.25) is 0 Å². The fourth-order valence-electron chi connectivity index (χ4n) is 2.47. The Labute approximate surface area is 121 Å². The van der Waals surface area contributed by atoms with E-state index in [4.69, 9.17) is 0 Å². The Morgan fingerprint density at radius 3 is 2.65 bits per heavy atom. The minimum absolute atomic E-state index is 0.215. The number of hydrogen-bond donors (Lipinski definition) is 1. The summed E-state index contributed by atoms with van der Waals surface area (Å²) < 4.78 is 1.89. The van der Waals surface area contributed by atoms with Gasteiger partial charge in [-0.3, -0.25) is 4.79 Å². The van der Waals surface area contributed by atoms with Crippen LogP contribution in [0.25, 0.3) is 0 Å². The summed E-state index contributed by atoms with van der Waals surface area (Å²) in [6.07, 6.45) is 8.50. The molecule has 0 atom stereocenters. The summed E-state index contributed by atoms with van der Waals surface area (Å²) in [6, 6.07) is 0.443. The first-order valence-corrected chi connectivity index (χ1v) is 7.67. The predicted octanol–water partition coefficient (Wildman–Crippen LogP) is 1.78. The molecule has 0 saturated carbocycles. The maximum Gasteiger partial charge on any atom is 0.242 e. The molecule has 0 unspecified atom stereocenters. The first kappa shape index (κ1) is 15.0. The van der Waals surface area contributed by atoms with Crippen molar-refractivity contribution in [2.45, 2.75) is 58.7 Å². The van der Waals surface area contributed by atoms with E-state index in [9.17, 15) is 4.79 Å². The van der Waals surface area contributed by atoms with Crippen LogP contribution in [0.1, 0.15) is 45.2 Å². The molecule has 1 N–H and O–H groups in total. The molecule has 0 spiro atoms. The third-order valence-electron chi connectivity index (χ3n) is 3.65. The van der Waals surface area contributed by atoms with Crippen molar-refractivity contribution in [3.8, 4) is 0 Å². The van der Waals surface area contributed by atoms with E-state index in [1.165, 1.54) is 12.8 Å². The Bertz CT molecular complexity index is 419. The summed E-state index contributed by atoms with van der Waals surface area (Å²) in [5.41, 5.74) is 0.988. The average molecular weight is 278 g/mol. The molecule has 20 heavy (non-hydrogen) atoms. The predicted molar refractivity (Wildman–Crippen MR) is 79.3 cm³/mol. The molecule has 1 aromatic rings. The van der Waals surface area contributed by atoms with Crippen LogP contribution in [0.15, 0.2) is 12.5 Å². The zero-order valence-corrected chi connectivity index (χ0v) is 12.6. The molecule has 1 amide bonds. The standard InChI is InChI=1S/C15H26N4O/c1-13(2)16-9-14-10-18(12-17-14)11-15(20)19-7-5-3-4-6-8-19/h10,12-13,16H,3-9,11H2,1-2H3. The summed E-state index contributed by atoms with van der Waals surface area (Å²) in [5.74, 6) is 0.215. The Morgan fingerprint density at radius 1 is 1.30 bits per heavy atom. The highest BCUT2D eigenvalue weighted by Crippen LogP contribution is 2.10. The smallest absolute Gasteiger partial charge is 0.242 e. The molecular formula is C15H26N4O. The lowest BCUT2D eigenvalue weighted by molar-refractivity contribution is -0.131. The molecule has 2 heterocycles. The van der Waals surface area contributed by atoms with Crippen LogP contribution in [0.4, 0.5) is 0 Å². The van der Waals surface area contributed by atoms with Crippen molar-refractivity contribution in [1.82, 2.24) is 19.8 Å². The summed E-state index contributed by atoms with van der Waals surface area (Å²) in [7, 11) is 0. The second-order valence-electron chi connectivity index (χ2n) is 5.87. The third-order valence-corrected chi connectivity index (χ3v) is 3.65. The van der Waals surface area contributed by atoms with E-state index >= 15 is 0 Å². The summed E-state index contributed by atoms with van der Waals surface area (Å²) in [4.78, 5) is 18.6. The van der Waals surface area contributed by atoms with E-state index in [2.05, 4.69) is 24.1 Å². The van der Waals surface area contributed by atoms with E-state index in [-0.39, 0.29) is 5.91 Å². The number of imidazole rings is 1. The normalized spacial score (nSPS) is 16.4. The monoisotopic (exact) mass is 278 g/mol. The number of hydrogen-bond acceptors (Lipinski definition) is 3. The van der Waals surface area contributed by atoms with Gasteiger partial charge in [0.2, 0.25) is 5.91 Å². The first-order valence-electron chi connectivity index (χ1n) is 7.67. The highest BCUT2D eigenvalue weighted by Gasteiger charge is 2.15. The topological polar surface area (TPSA) is 50.2 Å². The molecule has 0 aromatic carbocycles. The summed E-state index contributed by atoms with van der Waals surface area (Å²) in [5, 5.41) is 3.33. The van der Waals surface area contributed by atoms with Gasteiger partial charge in [0.25, 0.3) is 0 Å². The average Bonchev–Trinajstić information content (AvgIpc) is 2.68. The SMILES string of the molecule is CC(C)NCc1cn(CC(=O)N2CCCCCC2)cn1. The Hall–Kier alpha value is -1.36. The lowest BCUT2D eigenvalue weighted by Gasteiger charge is -2.20. The van der Waals surface area contributed by atoms with Crippen molar-refractivity contribution in [2.24, 2.45) is 0 Å². The van der Waals surface area contributed by atoms with Gasteiger partial charge in [-0.05, 0) is 12.8 Å². The molecule has 0 aliphatic carbocycles. The molecule has 0 bridgehead atoms. The molecule has 0 radical (unpaired) electrons. The molecule has 2 rings (SSSR count). The lowest BCUT2D eigenvalue weighted by Crippen LogP contribution is -2.34. The maximum absolute atomic E-state index is 12.3. The number of carbonyl (C=O) groups excluding carboxylic acids is 1. The number of rotatable bonds is 5. The highest BCUT2D eigenvalue weighted by molar-refractivity contribution is 5.76. The van der Waals surface area contributed by atoms with Crippen molar-refractivity contribution in [2.75, 3.05) is 13.1 Å². The van der Waals surface area contributed by atoms with Crippen LogP contribution < -0.4 is 5.32 Å². The van der Waals surface area contributed by atoms with E-state index < -0.39 is 0 Å². The summed E-state index contributed by atoms with van der Waals surface area (Å²) >= 11 is 0. The van der Waals surface area contributed by atoms with Gasteiger partial charge >= 0.3 is 0 Å². The van der Waals surface area contributed by atoms with Crippen molar-refractivity contribution >= 4 is 5.91 Å². The third kappa shape index (κ3) is 4.63. The number of amides is 1. The van der Waals surface area contributed by atoms with Gasteiger partial charge in [-0.15, -0.1) is 0 Å². The van der Waals surface area contributed by atoms with E-state index in [1.807, 2.05) is 15.7 Å². The quantitative estimate of drug-likeness (QED) is 0.893. The molecule has 1 saturated heterocycles. The van der Waals surface area contributed by atoms with Crippen molar-refractivity contribution in [1.29, 1.82) is 0 Å². The van der Waals surface area contributed by atoms with E-state index in [0.717, 1.165) is 38.2 Å². The Kier molecular flexibility index (Phi) is 5.59. The maximum atomic E-state index is 12.3. The molecule has 112 valence electrons. The fourth-order valence-corrected chi connectivity index (χ4v) is 2.47. The Balaban J connectivity index is 1.84. The number of aromatic nitrogens is 2.